The molecule has 0 aliphatic heterocycles. The van der Waals surface area contributed by atoms with Gasteiger partial charge in [-0.05, 0) is 41.0 Å². The first-order valence-electron chi connectivity index (χ1n) is 8.63. The van der Waals surface area contributed by atoms with Crippen molar-refractivity contribution in [2.45, 2.75) is 12.6 Å². The van der Waals surface area contributed by atoms with Gasteiger partial charge in [-0.1, -0.05) is 48.5 Å². The van der Waals surface area contributed by atoms with Gasteiger partial charge in [-0.2, -0.15) is 13.2 Å². The number of anilines is 1. The van der Waals surface area contributed by atoms with Crippen molar-refractivity contribution >= 4 is 17.6 Å². The molecule has 0 saturated carbocycles. The Morgan fingerprint density at radius 2 is 1.52 bits per heavy atom. The molecule has 0 atom stereocenters. The predicted molar refractivity (Wildman–Crippen MR) is 103 cm³/mol. The number of hydrogen-bond acceptors (Lipinski definition) is 2. The lowest BCUT2D eigenvalue weighted by Crippen LogP contribution is -2.16. The van der Waals surface area contributed by atoms with Crippen molar-refractivity contribution in [2.24, 2.45) is 0 Å². The summed E-state index contributed by atoms with van der Waals surface area (Å²) >= 11 is 0. The number of alkyl halides is 3. The zero-order valence-corrected chi connectivity index (χ0v) is 15.0. The summed E-state index contributed by atoms with van der Waals surface area (Å²) < 4.78 is 38.8. The summed E-state index contributed by atoms with van der Waals surface area (Å²) in [7, 11) is 0. The van der Waals surface area contributed by atoms with Crippen LogP contribution in [0.1, 0.15) is 21.5 Å². The van der Waals surface area contributed by atoms with Crippen LogP contribution in [0.2, 0.25) is 0 Å². The minimum absolute atomic E-state index is 0.0291. The van der Waals surface area contributed by atoms with E-state index >= 15 is 0 Å². The van der Waals surface area contributed by atoms with Crippen LogP contribution >= 0.6 is 0 Å². The van der Waals surface area contributed by atoms with Gasteiger partial charge in [0, 0.05) is 0 Å². The number of carboxylic acids is 1. The molecule has 0 aromatic heterocycles. The maximum atomic E-state index is 12.9. The number of carboxylic acid groups (broad SMARTS) is 1. The van der Waals surface area contributed by atoms with Gasteiger partial charge in [0.2, 0.25) is 5.91 Å². The molecular formula is C22H16F3NO3. The molecule has 0 fully saturated rings. The molecule has 0 spiro atoms. The Hall–Kier alpha value is -3.61. The van der Waals surface area contributed by atoms with Crippen LogP contribution in [0, 0.1) is 0 Å². The lowest BCUT2D eigenvalue weighted by molar-refractivity contribution is -0.137. The van der Waals surface area contributed by atoms with E-state index in [1.165, 1.54) is 18.2 Å². The number of aromatic carboxylic acids is 1. The van der Waals surface area contributed by atoms with Gasteiger partial charge in [0.25, 0.3) is 0 Å². The van der Waals surface area contributed by atoms with Crippen LogP contribution in [0.25, 0.3) is 11.1 Å². The van der Waals surface area contributed by atoms with E-state index in [2.05, 4.69) is 5.32 Å². The number of nitrogens with one attached hydrogen (secondary N) is 1. The molecule has 0 radical (unpaired) electrons. The maximum Gasteiger partial charge on any atom is 0.416 e. The molecule has 3 aromatic rings. The quantitative estimate of drug-likeness (QED) is 0.616. The highest BCUT2D eigenvalue weighted by atomic mass is 19.4. The molecule has 29 heavy (non-hydrogen) atoms. The SMILES string of the molecule is O=C(Cc1cccc(-c2cccc(C(F)(F)F)c2)c1)Nc1ccccc1C(=O)O. The first kappa shape index (κ1) is 20.1. The third kappa shape index (κ3) is 5.01. The fourth-order valence-corrected chi connectivity index (χ4v) is 2.89. The second kappa shape index (κ2) is 8.18. The fraction of sp³-hybridized carbons (Fsp3) is 0.0909. The van der Waals surface area contributed by atoms with Gasteiger partial charge in [0.15, 0.2) is 0 Å². The van der Waals surface area contributed by atoms with Gasteiger partial charge >= 0.3 is 12.1 Å². The number of carbonyl (C=O) groups is 2. The zero-order chi connectivity index (χ0) is 21.0. The molecule has 148 valence electrons. The Kier molecular flexibility index (Phi) is 5.68. The smallest absolute Gasteiger partial charge is 0.416 e. The molecule has 0 aliphatic carbocycles. The first-order valence-corrected chi connectivity index (χ1v) is 8.63. The lowest BCUT2D eigenvalue weighted by Gasteiger charge is -2.11. The van der Waals surface area contributed by atoms with Crippen LogP contribution < -0.4 is 5.32 Å². The molecule has 0 unspecified atom stereocenters. The summed E-state index contributed by atoms with van der Waals surface area (Å²) in [6.07, 6.45) is -4.49. The molecule has 4 nitrogen and oxygen atoms in total. The van der Waals surface area contributed by atoms with E-state index in [1.807, 2.05) is 0 Å². The Balaban J connectivity index is 1.79. The summed E-state index contributed by atoms with van der Waals surface area (Å²) in [4.78, 5) is 23.6. The topological polar surface area (TPSA) is 66.4 Å². The summed E-state index contributed by atoms with van der Waals surface area (Å²) in [5, 5.41) is 11.7. The van der Waals surface area contributed by atoms with Crippen molar-refractivity contribution < 1.29 is 27.9 Å². The van der Waals surface area contributed by atoms with Crippen LogP contribution in [0.5, 0.6) is 0 Å². The second-order valence-corrected chi connectivity index (χ2v) is 6.35. The first-order chi connectivity index (χ1) is 13.7. The van der Waals surface area contributed by atoms with Gasteiger partial charge in [0.1, 0.15) is 0 Å². The van der Waals surface area contributed by atoms with Gasteiger partial charge in [-0.15, -0.1) is 0 Å². The van der Waals surface area contributed by atoms with E-state index in [4.69, 9.17) is 0 Å². The fourth-order valence-electron chi connectivity index (χ4n) is 2.89. The van der Waals surface area contributed by atoms with Crippen LogP contribution in [0.3, 0.4) is 0 Å². The Labute approximate surface area is 164 Å². The summed E-state index contributed by atoms with van der Waals surface area (Å²) in [6.45, 7) is 0. The van der Waals surface area contributed by atoms with E-state index < -0.39 is 23.6 Å². The summed E-state index contributed by atoms with van der Waals surface area (Å²) in [5.74, 6) is -1.59. The van der Waals surface area contributed by atoms with E-state index in [0.29, 0.717) is 16.7 Å². The second-order valence-electron chi connectivity index (χ2n) is 6.35. The Bertz CT molecular complexity index is 1060. The van der Waals surface area contributed by atoms with Crippen molar-refractivity contribution in [3.63, 3.8) is 0 Å². The number of amides is 1. The number of benzene rings is 3. The van der Waals surface area contributed by atoms with Crippen LogP contribution in [0.15, 0.2) is 72.8 Å². The number of hydrogen-bond donors (Lipinski definition) is 2. The number of rotatable bonds is 5. The molecule has 0 aliphatic rings. The largest absolute Gasteiger partial charge is 0.478 e. The van der Waals surface area contributed by atoms with Gasteiger partial charge in [-0.3, -0.25) is 4.79 Å². The summed E-state index contributed by atoms with van der Waals surface area (Å²) in [6, 6.07) is 17.6. The highest BCUT2D eigenvalue weighted by Crippen LogP contribution is 2.32. The summed E-state index contributed by atoms with van der Waals surface area (Å²) in [5.41, 5.74) is 0.928. The maximum absolute atomic E-state index is 12.9. The van der Waals surface area contributed by atoms with E-state index in [1.54, 1.807) is 42.5 Å². The van der Waals surface area contributed by atoms with E-state index in [9.17, 15) is 27.9 Å². The van der Waals surface area contributed by atoms with Gasteiger partial charge in [0.05, 0.1) is 23.2 Å². The van der Waals surface area contributed by atoms with Crippen LogP contribution in [0.4, 0.5) is 18.9 Å². The average molecular weight is 399 g/mol. The van der Waals surface area contributed by atoms with E-state index in [-0.39, 0.29) is 17.7 Å². The third-order valence-corrected chi connectivity index (χ3v) is 4.25. The van der Waals surface area contributed by atoms with Crippen molar-refractivity contribution in [3.05, 3.63) is 89.5 Å². The predicted octanol–water partition coefficient (Wildman–Crippen LogP) is 5.25. The number of halogens is 3. The van der Waals surface area contributed by atoms with Crippen molar-refractivity contribution in [3.8, 4) is 11.1 Å². The number of para-hydroxylation sites is 1. The molecule has 0 heterocycles. The van der Waals surface area contributed by atoms with Crippen molar-refractivity contribution in [2.75, 3.05) is 5.32 Å². The molecule has 3 rings (SSSR count). The molecule has 2 N–H and O–H groups in total. The highest BCUT2D eigenvalue weighted by molar-refractivity contribution is 6.01. The van der Waals surface area contributed by atoms with Gasteiger partial charge in [-0.25, -0.2) is 4.79 Å². The molecule has 7 heteroatoms. The number of carbonyl (C=O) groups excluding carboxylic acids is 1. The molecule has 1 amide bonds. The lowest BCUT2D eigenvalue weighted by atomic mass is 9.99. The minimum Gasteiger partial charge on any atom is -0.478 e. The van der Waals surface area contributed by atoms with Crippen LogP contribution in [-0.4, -0.2) is 17.0 Å². The zero-order valence-electron chi connectivity index (χ0n) is 15.0. The highest BCUT2D eigenvalue weighted by Gasteiger charge is 2.30. The molecule has 0 bridgehead atoms. The average Bonchev–Trinajstić information content (AvgIpc) is 2.68. The molecule has 0 saturated heterocycles. The van der Waals surface area contributed by atoms with Gasteiger partial charge < -0.3 is 10.4 Å². The van der Waals surface area contributed by atoms with Crippen LogP contribution in [-0.2, 0) is 17.4 Å². The molecule has 3 aromatic carbocycles. The molecular weight excluding hydrogens is 383 g/mol. The minimum atomic E-state index is -4.44. The Morgan fingerprint density at radius 3 is 2.21 bits per heavy atom. The third-order valence-electron chi connectivity index (χ3n) is 4.25. The van der Waals surface area contributed by atoms with Crippen molar-refractivity contribution in [1.82, 2.24) is 0 Å². The van der Waals surface area contributed by atoms with E-state index in [0.717, 1.165) is 12.1 Å². The van der Waals surface area contributed by atoms with Crippen molar-refractivity contribution in [1.29, 1.82) is 0 Å². The Morgan fingerprint density at radius 1 is 0.862 bits per heavy atom. The monoisotopic (exact) mass is 399 g/mol. The standard InChI is InChI=1S/C22H16F3NO3/c23-22(24,25)17-8-4-7-16(13-17)15-6-3-5-14(11-15)12-20(27)26-19-10-2-1-9-18(19)21(28)29/h1-11,13H,12H2,(H,26,27)(H,28,29). The normalized spacial score (nSPS) is 11.1.